The van der Waals surface area contributed by atoms with Gasteiger partial charge in [-0.05, 0) is 48.9 Å². The molecule has 4 N–H and O–H groups in total. The first-order chi connectivity index (χ1) is 10.2. The van der Waals surface area contributed by atoms with Crippen molar-refractivity contribution in [2.24, 2.45) is 0 Å². The molecule has 0 spiro atoms. The summed E-state index contributed by atoms with van der Waals surface area (Å²) in [6, 6.07) is 7.24. The molecule has 106 valence electrons. The maximum absolute atomic E-state index is 9.73. The second kappa shape index (κ2) is 4.48. The van der Waals surface area contributed by atoms with Gasteiger partial charge in [0.1, 0.15) is 5.75 Å². The first-order valence-electron chi connectivity index (χ1n) is 7.19. The number of nitrogens with one attached hydrogen (secondary N) is 1. The number of aromatic amines is 1. The van der Waals surface area contributed by atoms with E-state index in [1.807, 2.05) is 12.1 Å². The molecule has 0 amide bonds. The minimum atomic E-state index is 0.253. The number of nitrogen functional groups attached to an aromatic ring is 1. The van der Waals surface area contributed by atoms with Crippen LogP contribution in [-0.4, -0.2) is 20.3 Å². The predicted molar refractivity (Wildman–Crippen MR) is 82.0 cm³/mol. The SMILES string of the molecule is Nc1n[nH]c2nc(-c3cccc(O)c3)c3c(c12)CCCC3. The number of fused-ring (bicyclic) bond motifs is 3. The first kappa shape index (κ1) is 12.2. The second-order valence-corrected chi connectivity index (χ2v) is 5.51. The van der Waals surface area contributed by atoms with Crippen molar-refractivity contribution in [3.05, 3.63) is 35.4 Å². The molecular formula is C16H16N4O. The van der Waals surface area contributed by atoms with Crippen molar-refractivity contribution in [3.8, 4) is 17.0 Å². The Bertz CT molecular complexity index is 838. The quantitative estimate of drug-likeness (QED) is 0.639. The number of hydrogen-bond acceptors (Lipinski definition) is 4. The third kappa shape index (κ3) is 1.85. The molecule has 2 aromatic heterocycles. The van der Waals surface area contributed by atoms with Gasteiger partial charge in [-0.3, -0.25) is 5.10 Å². The maximum Gasteiger partial charge on any atom is 0.158 e. The number of rotatable bonds is 1. The van der Waals surface area contributed by atoms with E-state index in [-0.39, 0.29) is 5.75 Å². The molecule has 3 aromatic rings. The maximum atomic E-state index is 9.73. The number of pyridine rings is 1. The zero-order valence-corrected chi connectivity index (χ0v) is 11.6. The van der Waals surface area contributed by atoms with Gasteiger partial charge in [-0.15, -0.1) is 0 Å². The molecule has 0 saturated heterocycles. The summed E-state index contributed by atoms with van der Waals surface area (Å²) >= 11 is 0. The number of phenolic OH excluding ortho intramolecular Hbond substituents is 1. The highest BCUT2D eigenvalue weighted by molar-refractivity contribution is 5.93. The van der Waals surface area contributed by atoms with Gasteiger partial charge in [0, 0.05) is 5.56 Å². The van der Waals surface area contributed by atoms with Crippen LogP contribution < -0.4 is 5.73 Å². The van der Waals surface area contributed by atoms with Gasteiger partial charge in [0.15, 0.2) is 11.5 Å². The lowest BCUT2D eigenvalue weighted by Gasteiger charge is -2.20. The zero-order valence-electron chi connectivity index (χ0n) is 11.6. The summed E-state index contributed by atoms with van der Waals surface area (Å²) in [5.41, 5.74) is 11.1. The van der Waals surface area contributed by atoms with Gasteiger partial charge in [-0.1, -0.05) is 12.1 Å². The van der Waals surface area contributed by atoms with E-state index in [1.165, 1.54) is 11.1 Å². The topological polar surface area (TPSA) is 87.8 Å². The average Bonchev–Trinajstić information content (AvgIpc) is 2.88. The Balaban J connectivity index is 2.05. The van der Waals surface area contributed by atoms with Crippen molar-refractivity contribution in [1.29, 1.82) is 0 Å². The highest BCUT2D eigenvalue weighted by Gasteiger charge is 2.22. The summed E-state index contributed by atoms with van der Waals surface area (Å²) in [7, 11) is 0. The van der Waals surface area contributed by atoms with Gasteiger partial charge >= 0.3 is 0 Å². The molecule has 0 atom stereocenters. The molecule has 5 nitrogen and oxygen atoms in total. The number of benzene rings is 1. The van der Waals surface area contributed by atoms with E-state index in [9.17, 15) is 5.11 Å². The lowest BCUT2D eigenvalue weighted by atomic mass is 9.87. The molecule has 1 aliphatic rings. The molecule has 2 heterocycles. The molecule has 4 rings (SSSR count). The van der Waals surface area contributed by atoms with E-state index in [0.717, 1.165) is 48.0 Å². The monoisotopic (exact) mass is 280 g/mol. The largest absolute Gasteiger partial charge is 0.508 e. The fourth-order valence-electron chi connectivity index (χ4n) is 3.24. The van der Waals surface area contributed by atoms with Crippen LogP contribution in [0.25, 0.3) is 22.3 Å². The van der Waals surface area contributed by atoms with Crippen molar-refractivity contribution >= 4 is 16.9 Å². The lowest BCUT2D eigenvalue weighted by Crippen LogP contribution is -2.07. The number of nitrogens with zero attached hydrogens (tertiary/aromatic N) is 2. The molecule has 0 aliphatic heterocycles. The zero-order chi connectivity index (χ0) is 14.4. The van der Waals surface area contributed by atoms with Crippen LogP contribution in [0.3, 0.4) is 0 Å². The van der Waals surface area contributed by atoms with E-state index < -0.39 is 0 Å². The number of aromatic nitrogens is 3. The van der Waals surface area contributed by atoms with Crippen molar-refractivity contribution in [3.63, 3.8) is 0 Å². The van der Waals surface area contributed by atoms with Gasteiger partial charge < -0.3 is 10.8 Å². The Morgan fingerprint density at radius 2 is 1.95 bits per heavy atom. The molecule has 1 aromatic carbocycles. The van der Waals surface area contributed by atoms with Crippen LogP contribution in [0, 0.1) is 0 Å². The van der Waals surface area contributed by atoms with E-state index in [0.29, 0.717) is 5.82 Å². The normalized spacial score (nSPS) is 14.3. The minimum absolute atomic E-state index is 0.253. The molecule has 0 fully saturated rings. The third-order valence-corrected chi connectivity index (χ3v) is 4.17. The summed E-state index contributed by atoms with van der Waals surface area (Å²) in [4.78, 5) is 4.71. The number of anilines is 1. The number of nitrogens with two attached hydrogens (primary N) is 1. The van der Waals surface area contributed by atoms with Crippen molar-refractivity contribution in [1.82, 2.24) is 15.2 Å². The van der Waals surface area contributed by atoms with Gasteiger partial charge in [0.05, 0.1) is 11.1 Å². The Morgan fingerprint density at radius 3 is 2.76 bits per heavy atom. The molecule has 5 heteroatoms. The summed E-state index contributed by atoms with van der Waals surface area (Å²) in [6.07, 6.45) is 4.32. The number of hydrogen-bond donors (Lipinski definition) is 3. The van der Waals surface area contributed by atoms with Crippen molar-refractivity contribution < 1.29 is 5.11 Å². The predicted octanol–water partition coefficient (Wildman–Crippen LogP) is 2.79. The number of aryl methyl sites for hydroxylation is 1. The Labute approximate surface area is 121 Å². The van der Waals surface area contributed by atoms with Crippen LogP contribution in [0.2, 0.25) is 0 Å². The lowest BCUT2D eigenvalue weighted by molar-refractivity contribution is 0.475. The van der Waals surface area contributed by atoms with Gasteiger partial charge in [0.2, 0.25) is 0 Å². The van der Waals surface area contributed by atoms with Gasteiger partial charge in [-0.25, -0.2) is 4.98 Å². The van der Waals surface area contributed by atoms with Gasteiger partial charge in [-0.2, -0.15) is 5.10 Å². The number of H-pyrrole nitrogens is 1. The van der Waals surface area contributed by atoms with Crippen molar-refractivity contribution in [2.75, 3.05) is 5.73 Å². The molecule has 0 saturated carbocycles. The van der Waals surface area contributed by atoms with Crippen LogP contribution in [0.5, 0.6) is 5.75 Å². The van der Waals surface area contributed by atoms with Crippen molar-refractivity contribution in [2.45, 2.75) is 25.7 Å². The van der Waals surface area contributed by atoms with Gasteiger partial charge in [0.25, 0.3) is 0 Å². The molecule has 1 aliphatic carbocycles. The summed E-state index contributed by atoms with van der Waals surface area (Å²) < 4.78 is 0. The molecule has 0 bridgehead atoms. The van der Waals surface area contributed by atoms with Crippen LogP contribution in [0.4, 0.5) is 5.82 Å². The standard InChI is InChI=1S/C16H16N4O/c17-15-13-11-6-1-2-7-12(11)14(18-16(13)20-19-15)9-4-3-5-10(21)8-9/h3-5,8,21H,1-2,6-7H2,(H3,17,18,19,20). The van der Waals surface area contributed by atoms with E-state index >= 15 is 0 Å². The van der Waals surface area contributed by atoms with E-state index in [4.69, 9.17) is 10.7 Å². The summed E-state index contributed by atoms with van der Waals surface area (Å²) in [5.74, 6) is 0.779. The van der Waals surface area contributed by atoms with Crippen LogP contribution >= 0.6 is 0 Å². The third-order valence-electron chi connectivity index (χ3n) is 4.17. The molecule has 0 radical (unpaired) electrons. The van der Waals surface area contributed by atoms with E-state index in [1.54, 1.807) is 12.1 Å². The fourth-order valence-corrected chi connectivity index (χ4v) is 3.24. The minimum Gasteiger partial charge on any atom is -0.508 e. The Kier molecular flexibility index (Phi) is 2.60. The smallest absolute Gasteiger partial charge is 0.158 e. The average molecular weight is 280 g/mol. The number of aromatic hydroxyl groups is 1. The summed E-state index contributed by atoms with van der Waals surface area (Å²) in [6.45, 7) is 0. The fraction of sp³-hybridized carbons (Fsp3) is 0.250. The summed E-state index contributed by atoms with van der Waals surface area (Å²) in [5, 5.41) is 17.7. The molecule has 0 unspecified atom stereocenters. The molecule has 21 heavy (non-hydrogen) atoms. The van der Waals surface area contributed by atoms with E-state index in [2.05, 4.69) is 10.2 Å². The van der Waals surface area contributed by atoms with Crippen LogP contribution in [0.15, 0.2) is 24.3 Å². The first-order valence-corrected chi connectivity index (χ1v) is 7.19. The second-order valence-electron chi connectivity index (χ2n) is 5.51. The Hall–Kier alpha value is -2.56. The molecular weight excluding hydrogens is 264 g/mol. The highest BCUT2D eigenvalue weighted by Crippen LogP contribution is 2.36. The van der Waals surface area contributed by atoms with Crippen LogP contribution in [-0.2, 0) is 12.8 Å². The van der Waals surface area contributed by atoms with Crippen LogP contribution in [0.1, 0.15) is 24.0 Å². The Morgan fingerprint density at radius 1 is 1.14 bits per heavy atom. The highest BCUT2D eigenvalue weighted by atomic mass is 16.3. The number of phenols is 1.